The summed E-state index contributed by atoms with van der Waals surface area (Å²) < 4.78 is 22.6. The Hall–Kier alpha value is -1.26. The lowest BCUT2D eigenvalue weighted by molar-refractivity contribution is -0.0721. The third kappa shape index (κ3) is 8.26. The summed E-state index contributed by atoms with van der Waals surface area (Å²) in [5.41, 5.74) is 1.24. The van der Waals surface area contributed by atoms with Crippen LogP contribution in [0.2, 0.25) is 0 Å². The third-order valence-electron chi connectivity index (χ3n) is 6.12. The molecule has 32 heavy (non-hydrogen) atoms. The molecule has 2 saturated heterocycles. The first-order chi connectivity index (χ1) is 15.2. The van der Waals surface area contributed by atoms with E-state index in [-0.39, 0.29) is 24.0 Å². The van der Waals surface area contributed by atoms with Gasteiger partial charge in [0.25, 0.3) is 0 Å². The van der Waals surface area contributed by atoms with Gasteiger partial charge in [0, 0.05) is 33.3 Å². The van der Waals surface area contributed by atoms with Gasteiger partial charge >= 0.3 is 0 Å². The highest BCUT2D eigenvalue weighted by molar-refractivity contribution is 14.0. The highest BCUT2D eigenvalue weighted by atomic mass is 127. The largest absolute Gasteiger partial charge is 0.493 e. The molecule has 0 saturated carbocycles. The average Bonchev–Trinajstić information content (AvgIpc) is 2.83. The zero-order valence-corrected chi connectivity index (χ0v) is 22.1. The number of piperidine rings is 1. The van der Waals surface area contributed by atoms with Crippen LogP contribution >= 0.6 is 24.0 Å². The van der Waals surface area contributed by atoms with Crippen LogP contribution in [-0.4, -0.2) is 77.2 Å². The monoisotopic (exact) mass is 561 g/mol. The lowest BCUT2D eigenvalue weighted by Gasteiger charge is -2.35. The highest BCUT2D eigenvalue weighted by Crippen LogP contribution is 2.28. The number of methoxy groups -OCH3 is 2. The van der Waals surface area contributed by atoms with Crippen LogP contribution < -0.4 is 14.8 Å². The Balaban J connectivity index is 0.00000363. The standard InChI is InChI=1S/C24H39N3O4.HI/c1-25-24(26-13-6-7-19-9-10-22(28-2)23(17-19)29-3)27-14-11-20(12-15-27)31-18-21-8-4-5-16-30-21;/h9-10,17,20-21H,4-8,11-16,18H2,1-3H3,(H,25,26);1H. The van der Waals surface area contributed by atoms with Gasteiger partial charge in [-0.1, -0.05) is 6.07 Å². The maximum Gasteiger partial charge on any atom is 0.193 e. The smallest absolute Gasteiger partial charge is 0.193 e. The van der Waals surface area contributed by atoms with Crippen molar-refractivity contribution in [1.82, 2.24) is 10.2 Å². The molecule has 1 atom stereocenters. The first kappa shape index (κ1) is 27.0. The van der Waals surface area contributed by atoms with Crippen molar-refractivity contribution in [3.63, 3.8) is 0 Å². The van der Waals surface area contributed by atoms with Crippen molar-refractivity contribution in [1.29, 1.82) is 0 Å². The van der Waals surface area contributed by atoms with Gasteiger partial charge in [-0.3, -0.25) is 4.99 Å². The molecule has 0 bridgehead atoms. The molecule has 1 aromatic carbocycles. The molecule has 0 spiro atoms. The molecule has 182 valence electrons. The van der Waals surface area contributed by atoms with Crippen LogP contribution in [-0.2, 0) is 15.9 Å². The lowest BCUT2D eigenvalue weighted by Crippen LogP contribution is -2.47. The molecule has 0 radical (unpaired) electrons. The number of hydrogen-bond donors (Lipinski definition) is 1. The van der Waals surface area contributed by atoms with E-state index in [0.717, 1.165) is 82.4 Å². The molecule has 2 heterocycles. The number of likely N-dealkylation sites (tertiary alicyclic amines) is 1. The predicted octanol–water partition coefficient (Wildman–Crippen LogP) is 3.88. The fraction of sp³-hybridized carbons (Fsp3) is 0.708. The molecule has 1 aromatic rings. The van der Waals surface area contributed by atoms with E-state index in [4.69, 9.17) is 18.9 Å². The minimum Gasteiger partial charge on any atom is -0.493 e. The van der Waals surface area contributed by atoms with E-state index >= 15 is 0 Å². The molecule has 8 heteroatoms. The van der Waals surface area contributed by atoms with E-state index in [0.29, 0.717) is 12.2 Å². The molecule has 0 aromatic heterocycles. The second-order valence-electron chi connectivity index (χ2n) is 8.28. The molecule has 0 aliphatic carbocycles. The van der Waals surface area contributed by atoms with Crippen molar-refractivity contribution >= 4 is 29.9 Å². The van der Waals surface area contributed by atoms with Crippen LogP contribution in [0.5, 0.6) is 11.5 Å². The molecule has 1 unspecified atom stereocenters. The van der Waals surface area contributed by atoms with Crippen molar-refractivity contribution < 1.29 is 18.9 Å². The average molecular weight is 562 g/mol. The summed E-state index contributed by atoms with van der Waals surface area (Å²) in [5, 5.41) is 3.52. The van der Waals surface area contributed by atoms with Gasteiger partial charge in [0.15, 0.2) is 17.5 Å². The Kier molecular flexibility index (Phi) is 12.5. The van der Waals surface area contributed by atoms with Crippen LogP contribution in [0.1, 0.15) is 44.1 Å². The summed E-state index contributed by atoms with van der Waals surface area (Å²) >= 11 is 0. The van der Waals surface area contributed by atoms with E-state index < -0.39 is 0 Å². The van der Waals surface area contributed by atoms with Gasteiger partial charge in [-0.15, -0.1) is 24.0 Å². The van der Waals surface area contributed by atoms with E-state index in [1.807, 2.05) is 13.1 Å². The SMILES string of the molecule is CN=C(NCCCc1ccc(OC)c(OC)c1)N1CCC(OCC2CCCCO2)CC1.I. The summed E-state index contributed by atoms with van der Waals surface area (Å²) in [6.07, 6.45) is 8.31. The van der Waals surface area contributed by atoms with Gasteiger partial charge in [0.2, 0.25) is 0 Å². The van der Waals surface area contributed by atoms with Crippen molar-refractivity contribution in [3.8, 4) is 11.5 Å². The minimum absolute atomic E-state index is 0. The Morgan fingerprint density at radius 2 is 1.91 bits per heavy atom. The number of halogens is 1. The fourth-order valence-electron chi connectivity index (χ4n) is 4.28. The molecule has 1 N–H and O–H groups in total. The quantitative estimate of drug-likeness (QED) is 0.214. The third-order valence-corrected chi connectivity index (χ3v) is 6.12. The van der Waals surface area contributed by atoms with Crippen LogP contribution in [0, 0.1) is 0 Å². The summed E-state index contributed by atoms with van der Waals surface area (Å²) in [5.74, 6) is 2.54. The van der Waals surface area contributed by atoms with Gasteiger partial charge in [-0.05, 0) is 62.6 Å². The van der Waals surface area contributed by atoms with Crippen LogP contribution in [0.25, 0.3) is 0 Å². The number of aryl methyl sites for hydroxylation is 1. The van der Waals surface area contributed by atoms with E-state index in [2.05, 4.69) is 27.3 Å². The van der Waals surface area contributed by atoms with Gasteiger partial charge in [-0.2, -0.15) is 0 Å². The first-order valence-corrected chi connectivity index (χ1v) is 11.6. The van der Waals surface area contributed by atoms with Gasteiger partial charge in [0.1, 0.15) is 0 Å². The van der Waals surface area contributed by atoms with Crippen molar-refractivity contribution in [2.24, 2.45) is 4.99 Å². The number of aliphatic imine (C=N–C) groups is 1. The van der Waals surface area contributed by atoms with E-state index in [9.17, 15) is 0 Å². The van der Waals surface area contributed by atoms with Crippen molar-refractivity contribution in [2.45, 2.75) is 57.2 Å². The summed E-state index contributed by atoms with van der Waals surface area (Å²) in [7, 11) is 5.19. The van der Waals surface area contributed by atoms with Crippen LogP contribution in [0.3, 0.4) is 0 Å². The van der Waals surface area contributed by atoms with Crippen LogP contribution in [0.15, 0.2) is 23.2 Å². The van der Waals surface area contributed by atoms with Crippen LogP contribution in [0.4, 0.5) is 0 Å². The minimum atomic E-state index is 0. The number of ether oxygens (including phenoxy) is 4. The second kappa shape index (κ2) is 14.8. The highest BCUT2D eigenvalue weighted by Gasteiger charge is 2.23. The number of guanidine groups is 1. The molecule has 2 aliphatic rings. The molecular weight excluding hydrogens is 521 g/mol. The fourth-order valence-corrected chi connectivity index (χ4v) is 4.28. The Morgan fingerprint density at radius 3 is 2.56 bits per heavy atom. The van der Waals surface area contributed by atoms with E-state index in [1.54, 1.807) is 14.2 Å². The summed E-state index contributed by atoms with van der Waals surface area (Å²) in [6.45, 7) is 4.47. The van der Waals surface area contributed by atoms with Gasteiger partial charge in [-0.25, -0.2) is 0 Å². The Labute approximate surface area is 210 Å². The topological polar surface area (TPSA) is 64.6 Å². The van der Waals surface area contributed by atoms with E-state index in [1.165, 1.54) is 18.4 Å². The maximum absolute atomic E-state index is 6.14. The zero-order valence-electron chi connectivity index (χ0n) is 19.8. The first-order valence-electron chi connectivity index (χ1n) is 11.6. The molecule has 3 rings (SSSR count). The molecule has 2 aliphatic heterocycles. The predicted molar refractivity (Wildman–Crippen MR) is 139 cm³/mol. The zero-order chi connectivity index (χ0) is 21.9. The molecule has 0 amide bonds. The summed E-state index contributed by atoms with van der Waals surface area (Å²) in [4.78, 5) is 6.83. The lowest BCUT2D eigenvalue weighted by atomic mass is 10.1. The Morgan fingerprint density at radius 1 is 1.12 bits per heavy atom. The number of nitrogens with one attached hydrogen (secondary N) is 1. The van der Waals surface area contributed by atoms with Crippen molar-refractivity contribution in [2.75, 3.05) is 54.1 Å². The van der Waals surface area contributed by atoms with Crippen molar-refractivity contribution in [3.05, 3.63) is 23.8 Å². The van der Waals surface area contributed by atoms with Gasteiger partial charge in [0.05, 0.1) is 33.0 Å². The number of rotatable bonds is 9. The number of hydrogen-bond acceptors (Lipinski definition) is 5. The Bertz CT molecular complexity index is 690. The van der Waals surface area contributed by atoms with Gasteiger partial charge < -0.3 is 29.2 Å². The maximum atomic E-state index is 6.14. The molecule has 2 fully saturated rings. The normalized spacial score (nSPS) is 19.9. The second-order valence-corrected chi connectivity index (χ2v) is 8.28. The summed E-state index contributed by atoms with van der Waals surface area (Å²) in [6, 6.07) is 6.11. The number of benzene rings is 1. The molecule has 7 nitrogen and oxygen atoms in total. The number of nitrogens with zero attached hydrogens (tertiary/aromatic N) is 2. The molecular formula is C24H40IN3O4.